The van der Waals surface area contributed by atoms with Gasteiger partial charge in [0.1, 0.15) is 6.54 Å². The Hall–Kier alpha value is -2.37. The number of carbonyl (C=O) groups excluding carboxylic acids is 1. The first kappa shape index (κ1) is 16.7. The number of carboxylic acids is 1. The molecule has 0 unspecified atom stereocenters. The summed E-state index contributed by atoms with van der Waals surface area (Å²) < 4.78 is 18.3. The molecule has 0 aromatic heterocycles. The van der Waals surface area contributed by atoms with Gasteiger partial charge in [-0.3, -0.25) is 9.59 Å². The van der Waals surface area contributed by atoms with Crippen molar-refractivity contribution in [2.24, 2.45) is 0 Å². The van der Waals surface area contributed by atoms with E-state index in [1.54, 1.807) is 19.9 Å². The maximum Gasteiger partial charge on any atom is 0.323 e. The van der Waals surface area contributed by atoms with Crippen LogP contribution in [-0.2, 0) is 9.59 Å². The van der Waals surface area contributed by atoms with Crippen LogP contribution in [0.5, 0.6) is 5.75 Å². The fourth-order valence-corrected chi connectivity index (χ4v) is 1.71. The lowest BCUT2D eigenvalue weighted by atomic mass is 10.2. The number of ether oxygens (including phenoxy) is 1. The van der Waals surface area contributed by atoms with Crippen LogP contribution >= 0.6 is 0 Å². The number of carbonyl (C=O) groups is 2. The van der Waals surface area contributed by atoms with Crippen molar-refractivity contribution in [3.05, 3.63) is 35.7 Å². The van der Waals surface area contributed by atoms with Gasteiger partial charge < -0.3 is 14.7 Å². The lowest BCUT2D eigenvalue weighted by molar-refractivity contribution is -0.143. The number of halogens is 1. The minimum absolute atomic E-state index is 0.119. The van der Waals surface area contributed by atoms with Crippen LogP contribution in [0.3, 0.4) is 0 Å². The van der Waals surface area contributed by atoms with Crippen LogP contribution in [0.25, 0.3) is 6.08 Å². The number of aliphatic carboxylic acids is 1. The predicted octanol–water partition coefficient (Wildman–Crippen LogP) is 2.17. The molecule has 0 atom stereocenters. The first-order valence-electron chi connectivity index (χ1n) is 6.39. The Balaban J connectivity index is 2.85. The van der Waals surface area contributed by atoms with E-state index in [9.17, 15) is 14.0 Å². The summed E-state index contributed by atoms with van der Waals surface area (Å²) in [6.07, 6.45) is 2.66. The molecule has 1 aromatic rings. The van der Waals surface area contributed by atoms with Gasteiger partial charge in [0, 0.05) is 12.1 Å². The van der Waals surface area contributed by atoms with Crippen LogP contribution < -0.4 is 4.74 Å². The SMILES string of the molecule is COc1ccc(/C=C/C(=O)N(CC(=O)O)C(C)C)cc1F. The third-order valence-corrected chi connectivity index (χ3v) is 2.81. The third-order valence-electron chi connectivity index (χ3n) is 2.81. The summed E-state index contributed by atoms with van der Waals surface area (Å²) in [5, 5.41) is 8.78. The van der Waals surface area contributed by atoms with E-state index in [2.05, 4.69) is 0 Å². The molecule has 0 heterocycles. The predicted molar refractivity (Wildman–Crippen MR) is 76.5 cm³/mol. The molecule has 0 radical (unpaired) electrons. The number of rotatable bonds is 6. The van der Waals surface area contributed by atoms with Gasteiger partial charge in [-0.1, -0.05) is 6.07 Å². The van der Waals surface area contributed by atoms with Crippen molar-refractivity contribution >= 4 is 18.0 Å². The number of methoxy groups -OCH3 is 1. The summed E-state index contributed by atoms with van der Waals surface area (Å²) >= 11 is 0. The molecule has 0 fully saturated rings. The van der Waals surface area contributed by atoms with E-state index in [1.807, 2.05) is 0 Å². The minimum Gasteiger partial charge on any atom is -0.494 e. The van der Waals surface area contributed by atoms with Crippen LogP contribution in [-0.4, -0.2) is 41.6 Å². The van der Waals surface area contributed by atoms with Gasteiger partial charge in [0.15, 0.2) is 11.6 Å². The largest absolute Gasteiger partial charge is 0.494 e. The second-order valence-corrected chi connectivity index (χ2v) is 4.68. The highest BCUT2D eigenvalue weighted by Gasteiger charge is 2.17. The fourth-order valence-electron chi connectivity index (χ4n) is 1.71. The van der Waals surface area contributed by atoms with Crippen LogP contribution in [0.15, 0.2) is 24.3 Å². The molecule has 1 amide bonds. The molecule has 1 N–H and O–H groups in total. The molecule has 0 saturated heterocycles. The Morgan fingerprint density at radius 1 is 1.43 bits per heavy atom. The summed E-state index contributed by atoms with van der Waals surface area (Å²) in [6, 6.07) is 4.05. The first-order chi connectivity index (χ1) is 9.85. The van der Waals surface area contributed by atoms with E-state index in [1.165, 1.54) is 36.3 Å². The van der Waals surface area contributed by atoms with Crippen molar-refractivity contribution in [3.63, 3.8) is 0 Å². The van der Waals surface area contributed by atoms with Gasteiger partial charge in [-0.2, -0.15) is 0 Å². The van der Waals surface area contributed by atoms with E-state index in [4.69, 9.17) is 9.84 Å². The molecule has 0 aliphatic carbocycles. The molecule has 0 aliphatic heterocycles. The summed E-state index contributed by atoms with van der Waals surface area (Å²) in [6.45, 7) is 3.07. The monoisotopic (exact) mass is 295 g/mol. The highest BCUT2D eigenvalue weighted by atomic mass is 19.1. The number of amides is 1. The molecular formula is C15H18FNO4. The van der Waals surface area contributed by atoms with E-state index in [-0.39, 0.29) is 18.3 Å². The van der Waals surface area contributed by atoms with Gasteiger partial charge in [-0.15, -0.1) is 0 Å². The topological polar surface area (TPSA) is 66.8 Å². The van der Waals surface area contributed by atoms with Crippen molar-refractivity contribution in [1.29, 1.82) is 0 Å². The Kier molecular flexibility index (Phi) is 5.90. The molecule has 5 nitrogen and oxygen atoms in total. The van der Waals surface area contributed by atoms with Gasteiger partial charge in [-0.05, 0) is 37.6 Å². The molecule has 0 aliphatic rings. The molecule has 21 heavy (non-hydrogen) atoms. The van der Waals surface area contributed by atoms with E-state index in [0.29, 0.717) is 5.56 Å². The second kappa shape index (κ2) is 7.42. The normalized spacial score (nSPS) is 10.9. The second-order valence-electron chi connectivity index (χ2n) is 4.68. The van der Waals surface area contributed by atoms with E-state index < -0.39 is 17.7 Å². The average Bonchev–Trinajstić information content (AvgIpc) is 2.41. The number of benzene rings is 1. The van der Waals surface area contributed by atoms with Crippen LogP contribution in [0, 0.1) is 5.82 Å². The third kappa shape index (κ3) is 4.91. The van der Waals surface area contributed by atoms with Gasteiger partial charge in [-0.25, -0.2) is 4.39 Å². The van der Waals surface area contributed by atoms with Gasteiger partial charge in [0.25, 0.3) is 0 Å². The Morgan fingerprint density at radius 2 is 2.10 bits per heavy atom. The number of nitrogens with zero attached hydrogens (tertiary/aromatic N) is 1. The van der Waals surface area contributed by atoms with Crippen LogP contribution in [0.2, 0.25) is 0 Å². The summed E-state index contributed by atoms with van der Waals surface area (Å²) in [7, 11) is 1.36. The van der Waals surface area contributed by atoms with Gasteiger partial charge >= 0.3 is 5.97 Å². The standard InChI is InChI=1S/C15H18FNO4/c1-10(2)17(9-15(19)20)14(18)7-5-11-4-6-13(21-3)12(16)8-11/h4-8,10H,9H2,1-3H3,(H,19,20)/b7-5+. The smallest absolute Gasteiger partial charge is 0.323 e. The maximum absolute atomic E-state index is 13.5. The lowest BCUT2D eigenvalue weighted by Gasteiger charge is -2.23. The zero-order valence-electron chi connectivity index (χ0n) is 12.2. The summed E-state index contributed by atoms with van der Waals surface area (Å²) in [5.74, 6) is -1.93. The number of carboxylic acid groups (broad SMARTS) is 1. The molecule has 0 saturated carbocycles. The number of hydrogen-bond donors (Lipinski definition) is 1. The van der Waals surface area contributed by atoms with Crippen molar-refractivity contribution in [1.82, 2.24) is 4.90 Å². The first-order valence-corrected chi connectivity index (χ1v) is 6.39. The highest BCUT2D eigenvalue weighted by Crippen LogP contribution is 2.18. The van der Waals surface area contributed by atoms with Crippen molar-refractivity contribution in [3.8, 4) is 5.75 Å². The molecule has 0 spiro atoms. The highest BCUT2D eigenvalue weighted by molar-refractivity contribution is 5.93. The number of hydrogen-bond acceptors (Lipinski definition) is 3. The average molecular weight is 295 g/mol. The van der Waals surface area contributed by atoms with Crippen LogP contribution in [0.4, 0.5) is 4.39 Å². The van der Waals surface area contributed by atoms with Crippen molar-refractivity contribution < 1.29 is 23.8 Å². The summed E-state index contributed by atoms with van der Waals surface area (Å²) in [5.41, 5.74) is 0.487. The van der Waals surface area contributed by atoms with Gasteiger partial charge in [0.2, 0.25) is 5.91 Å². The minimum atomic E-state index is -1.08. The Bertz CT molecular complexity index is 555. The molecular weight excluding hydrogens is 277 g/mol. The van der Waals surface area contributed by atoms with Crippen molar-refractivity contribution in [2.45, 2.75) is 19.9 Å². The molecule has 6 heteroatoms. The summed E-state index contributed by atoms with van der Waals surface area (Å²) in [4.78, 5) is 23.9. The fraction of sp³-hybridized carbons (Fsp3) is 0.333. The molecule has 1 rings (SSSR count). The maximum atomic E-state index is 13.5. The lowest BCUT2D eigenvalue weighted by Crippen LogP contribution is -2.39. The van der Waals surface area contributed by atoms with Crippen molar-refractivity contribution in [2.75, 3.05) is 13.7 Å². The molecule has 0 bridgehead atoms. The zero-order chi connectivity index (χ0) is 16.0. The van der Waals surface area contributed by atoms with Gasteiger partial charge in [0.05, 0.1) is 7.11 Å². The van der Waals surface area contributed by atoms with E-state index in [0.717, 1.165) is 0 Å². The van der Waals surface area contributed by atoms with E-state index >= 15 is 0 Å². The molecule has 1 aromatic carbocycles. The van der Waals surface area contributed by atoms with Crippen LogP contribution in [0.1, 0.15) is 19.4 Å². The zero-order valence-corrected chi connectivity index (χ0v) is 12.2. The quantitative estimate of drug-likeness (QED) is 0.817. The Labute approximate surface area is 122 Å². The Morgan fingerprint density at radius 3 is 2.57 bits per heavy atom. The molecule has 114 valence electrons.